The molecule has 2 aromatic rings. The molecule has 0 amide bonds. The van der Waals surface area contributed by atoms with Gasteiger partial charge in [-0.2, -0.15) is 0 Å². The van der Waals surface area contributed by atoms with Crippen molar-refractivity contribution in [2.24, 2.45) is 0 Å². The number of carbonyl (C=O) groups is 2. The summed E-state index contributed by atoms with van der Waals surface area (Å²) in [6, 6.07) is 8.07. The van der Waals surface area contributed by atoms with Crippen molar-refractivity contribution < 1.29 is 24.9 Å². The molecule has 0 aliphatic heterocycles. The third kappa shape index (κ3) is 1.78. The summed E-state index contributed by atoms with van der Waals surface area (Å²) in [7, 11) is 0. The fourth-order valence-corrected chi connectivity index (χ4v) is 3.64. The predicted octanol–water partition coefficient (Wildman–Crippen LogP) is 0.905. The Kier molecular flexibility index (Phi) is 2.99. The van der Waals surface area contributed by atoms with Gasteiger partial charge in [0.1, 0.15) is 6.10 Å². The van der Waals surface area contributed by atoms with Gasteiger partial charge in [0.15, 0.2) is 11.6 Å². The molecule has 3 N–H and O–H groups in total. The Bertz CT molecular complexity index is 868. The van der Waals surface area contributed by atoms with Crippen LogP contribution in [-0.4, -0.2) is 33.0 Å². The molecule has 0 radical (unpaired) electrons. The fraction of sp³-hybridized carbons (Fsp3) is 0.222. The summed E-state index contributed by atoms with van der Waals surface area (Å²) >= 11 is 0. The number of rotatable bonds is 1. The molecular formula is C18H14O5. The number of hydrogen-bond acceptors (Lipinski definition) is 5. The lowest BCUT2D eigenvalue weighted by molar-refractivity contribution is 0.0317. The van der Waals surface area contributed by atoms with Gasteiger partial charge < -0.3 is 15.3 Å². The topological polar surface area (TPSA) is 94.8 Å². The van der Waals surface area contributed by atoms with E-state index in [9.17, 15) is 24.9 Å². The highest BCUT2D eigenvalue weighted by atomic mass is 16.3. The van der Waals surface area contributed by atoms with Gasteiger partial charge in [0, 0.05) is 28.7 Å². The van der Waals surface area contributed by atoms with Crippen LogP contribution in [0.5, 0.6) is 0 Å². The number of fused-ring (bicyclic) bond motifs is 4. The van der Waals surface area contributed by atoms with Crippen molar-refractivity contribution in [3.63, 3.8) is 0 Å². The Morgan fingerprint density at radius 2 is 1.65 bits per heavy atom. The molecule has 0 saturated heterocycles. The van der Waals surface area contributed by atoms with Crippen LogP contribution in [0.3, 0.4) is 0 Å². The van der Waals surface area contributed by atoms with Crippen LogP contribution < -0.4 is 0 Å². The molecule has 0 bridgehead atoms. The molecular weight excluding hydrogens is 296 g/mol. The summed E-state index contributed by atoms with van der Waals surface area (Å²) < 4.78 is 0. The minimum Gasteiger partial charge on any atom is -0.392 e. The molecule has 0 aromatic heterocycles. The van der Waals surface area contributed by atoms with E-state index in [1.54, 1.807) is 24.3 Å². The predicted molar refractivity (Wildman–Crippen MR) is 80.3 cm³/mol. The van der Waals surface area contributed by atoms with Crippen LogP contribution in [-0.2, 0) is 13.0 Å². The molecule has 2 aromatic carbocycles. The molecule has 5 heteroatoms. The summed E-state index contributed by atoms with van der Waals surface area (Å²) in [5.74, 6) is -0.555. The van der Waals surface area contributed by atoms with Crippen molar-refractivity contribution >= 4 is 11.6 Å². The maximum Gasteiger partial charge on any atom is 0.194 e. The van der Waals surface area contributed by atoms with E-state index in [0.717, 1.165) is 0 Å². The van der Waals surface area contributed by atoms with E-state index in [2.05, 4.69) is 0 Å². The summed E-state index contributed by atoms with van der Waals surface area (Å²) in [5, 5.41) is 29.7. The summed E-state index contributed by atoms with van der Waals surface area (Å²) in [5.41, 5.74) is 2.38. The number of aliphatic hydroxyl groups is 3. The average Bonchev–Trinajstić information content (AvgIpc) is 2.87. The van der Waals surface area contributed by atoms with Gasteiger partial charge in [0.2, 0.25) is 0 Å². The van der Waals surface area contributed by atoms with Crippen molar-refractivity contribution in [1.82, 2.24) is 0 Å². The number of carbonyl (C=O) groups excluding carboxylic acids is 2. The Morgan fingerprint density at radius 1 is 1.00 bits per heavy atom. The minimum atomic E-state index is -1.16. The van der Waals surface area contributed by atoms with Crippen molar-refractivity contribution in [1.29, 1.82) is 0 Å². The molecule has 2 unspecified atom stereocenters. The van der Waals surface area contributed by atoms with E-state index < -0.39 is 12.2 Å². The summed E-state index contributed by atoms with van der Waals surface area (Å²) in [6.07, 6.45) is -2.10. The van der Waals surface area contributed by atoms with Gasteiger partial charge >= 0.3 is 0 Å². The van der Waals surface area contributed by atoms with E-state index in [0.29, 0.717) is 27.8 Å². The molecule has 0 fully saturated rings. The Balaban J connectivity index is 2.05. The van der Waals surface area contributed by atoms with E-state index in [4.69, 9.17) is 0 Å². The van der Waals surface area contributed by atoms with E-state index in [-0.39, 0.29) is 35.7 Å². The first-order valence-electron chi connectivity index (χ1n) is 7.38. The second-order valence-corrected chi connectivity index (χ2v) is 5.93. The highest BCUT2D eigenvalue weighted by Crippen LogP contribution is 2.41. The molecule has 2 aliphatic rings. The molecule has 2 aliphatic carbocycles. The fourth-order valence-electron chi connectivity index (χ4n) is 3.64. The summed E-state index contributed by atoms with van der Waals surface area (Å²) in [6.45, 7) is -0.373. The largest absolute Gasteiger partial charge is 0.392 e. The van der Waals surface area contributed by atoms with Gasteiger partial charge in [-0.25, -0.2) is 0 Å². The first kappa shape index (κ1) is 14.3. The standard InChI is InChI=1S/C18H14O5/c19-7-8-5-12-15(11-6-13(20)18(23)14(8)11)17(22)10-4-2-1-3-9(10)16(12)21/h1-5,13,18-20,23H,6-7H2. The Hall–Kier alpha value is -2.34. The second kappa shape index (κ2) is 4.83. The normalized spacial score (nSPS) is 21.9. The van der Waals surface area contributed by atoms with Gasteiger partial charge in [-0.05, 0) is 22.8 Å². The van der Waals surface area contributed by atoms with Crippen molar-refractivity contribution in [2.45, 2.75) is 25.2 Å². The zero-order chi connectivity index (χ0) is 16.3. The number of hydrogen-bond donors (Lipinski definition) is 3. The zero-order valence-electron chi connectivity index (χ0n) is 12.1. The van der Waals surface area contributed by atoms with Crippen LogP contribution in [0.15, 0.2) is 30.3 Å². The van der Waals surface area contributed by atoms with Gasteiger partial charge in [0.05, 0.1) is 12.7 Å². The molecule has 0 spiro atoms. The molecule has 4 rings (SSSR count). The van der Waals surface area contributed by atoms with Gasteiger partial charge in [-0.3, -0.25) is 9.59 Å². The van der Waals surface area contributed by atoms with Gasteiger partial charge in [-0.1, -0.05) is 24.3 Å². The number of aliphatic hydroxyl groups excluding tert-OH is 3. The zero-order valence-corrected chi connectivity index (χ0v) is 12.1. The lowest BCUT2D eigenvalue weighted by Crippen LogP contribution is -2.23. The van der Waals surface area contributed by atoms with E-state index in [1.807, 2.05) is 0 Å². The molecule has 116 valence electrons. The maximum atomic E-state index is 12.8. The highest BCUT2D eigenvalue weighted by Gasteiger charge is 2.40. The molecule has 23 heavy (non-hydrogen) atoms. The smallest absolute Gasteiger partial charge is 0.194 e. The van der Waals surface area contributed by atoms with E-state index in [1.165, 1.54) is 6.07 Å². The SMILES string of the molecule is O=C1c2ccccc2C(=O)c2c1cc(CO)c1c2CC(O)C1O. The van der Waals surface area contributed by atoms with Crippen LogP contribution >= 0.6 is 0 Å². The second-order valence-electron chi connectivity index (χ2n) is 5.93. The summed E-state index contributed by atoms with van der Waals surface area (Å²) in [4.78, 5) is 25.6. The Labute approximate surface area is 131 Å². The molecule has 0 saturated carbocycles. The van der Waals surface area contributed by atoms with Crippen molar-refractivity contribution in [3.8, 4) is 0 Å². The van der Waals surface area contributed by atoms with Gasteiger partial charge in [0.25, 0.3) is 0 Å². The number of benzene rings is 2. The first-order chi connectivity index (χ1) is 11.0. The molecule has 5 nitrogen and oxygen atoms in total. The Morgan fingerprint density at radius 3 is 2.30 bits per heavy atom. The van der Waals surface area contributed by atoms with Crippen LogP contribution in [0.25, 0.3) is 0 Å². The average molecular weight is 310 g/mol. The lowest BCUT2D eigenvalue weighted by atomic mass is 9.79. The third-order valence-corrected chi connectivity index (χ3v) is 4.69. The highest BCUT2D eigenvalue weighted by molar-refractivity contribution is 6.29. The maximum absolute atomic E-state index is 12.8. The quantitative estimate of drug-likeness (QED) is 0.621. The van der Waals surface area contributed by atoms with Crippen molar-refractivity contribution in [3.05, 3.63) is 69.3 Å². The van der Waals surface area contributed by atoms with E-state index >= 15 is 0 Å². The molecule has 0 heterocycles. The third-order valence-electron chi connectivity index (χ3n) is 4.69. The van der Waals surface area contributed by atoms with Crippen molar-refractivity contribution in [2.75, 3.05) is 0 Å². The van der Waals surface area contributed by atoms with Crippen LogP contribution in [0, 0.1) is 0 Å². The van der Waals surface area contributed by atoms with Crippen LogP contribution in [0.4, 0.5) is 0 Å². The molecule has 2 atom stereocenters. The monoisotopic (exact) mass is 310 g/mol. The number of ketones is 2. The van der Waals surface area contributed by atoms with Crippen LogP contribution in [0.1, 0.15) is 54.6 Å². The minimum absolute atomic E-state index is 0.0911. The first-order valence-corrected chi connectivity index (χ1v) is 7.38. The lowest BCUT2D eigenvalue weighted by Gasteiger charge is -2.22. The van der Waals surface area contributed by atoms with Crippen LogP contribution in [0.2, 0.25) is 0 Å². The van der Waals surface area contributed by atoms with Gasteiger partial charge in [-0.15, -0.1) is 0 Å².